The fourth-order valence-corrected chi connectivity index (χ4v) is 1.96. The summed E-state index contributed by atoms with van der Waals surface area (Å²) in [5, 5.41) is 11.1. The monoisotopic (exact) mass is 331 g/mol. The first-order valence-corrected chi connectivity index (χ1v) is 6.57. The van der Waals surface area contributed by atoms with Crippen molar-refractivity contribution in [1.82, 2.24) is 5.32 Å². The Morgan fingerprint density at radius 3 is 2.58 bits per heavy atom. The lowest BCUT2D eigenvalue weighted by Gasteiger charge is -2.15. The highest BCUT2D eigenvalue weighted by Gasteiger charge is 2.19. The molecule has 6 heteroatoms. The van der Waals surface area contributed by atoms with Gasteiger partial charge in [0.2, 0.25) is 5.91 Å². The lowest BCUT2D eigenvalue weighted by atomic mass is 10.00. The zero-order chi connectivity index (χ0) is 14.6. The molecule has 0 fully saturated rings. The molecule has 1 amide bonds. The molecule has 1 rings (SSSR count). The number of halogens is 2. The van der Waals surface area contributed by atoms with Gasteiger partial charge in [-0.25, -0.2) is 4.39 Å². The number of hydrogen-bond donors (Lipinski definition) is 2. The molecule has 19 heavy (non-hydrogen) atoms. The number of nitrogens with one attached hydrogen (secondary N) is 1. The maximum Gasteiger partial charge on any atom is 0.325 e. The number of rotatable bonds is 5. The molecule has 1 aromatic carbocycles. The normalized spacial score (nSPS) is 13.7. The maximum absolute atomic E-state index is 13.1. The Balaban J connectivity index is 2.63. The van der Waals surface area contributed by atoms with E-state index >= 15 is 0 Å². The minimum atomic E-state index is -1.08. The largest absolute Gasteiger partial charge is 0.480 e. The Labute approximate surface area is 119 Å². The molecule has 0 aliphatic rings. The van der Waals surface area contributed by atoms with Gasteiger partial charge in [-0.1, -0.05) is 13.0 Å². The van der Waals surface area contributed by atoms with Crippen molar-refractivity contribution in [3.63, 3.8) is 0 Å². The molecule has 0 spiro atoms. The zero-order valence-corrected chi connectivity index (χ0v) is 12.2. The molecule has 0 aliphatic heterocycles. The predicted molar refractivity (Wildman–Crippen MR) is 72.2 cm³/mol. The molecule has 0 saturated heterocycles. The van der Waals surface area contributed by atoms with Gasteiger partial charge in [-0.15, -0.1) is 0 Å². The molecule has 104 valence electrons. The SMILES string of the molecule is CC(Cc1ccc(F)c(Br)c1)C(=O)N[C@@H](C)C(=O)O. The topological polar surface area (TPSA) is 66.4 Å². The summed E-state index contributed by atoms with van der Waals surface area (Å²) < 4.78 is 13.4. The summed E-state index contributed by atoms with van der Waals surface area (Å²) in [6.07, 6.45) is 0.414. The fourth-order valence-electron chi connectivity index (χ4n) is 1.53. The van der Waals surface area contributed by atoms with Crippen LogP contribution in [-0.2, 0) is 16.0 Å². The van der Waals surface area contributed by atoms with Gasteiger partial charge in [0.15, 0.2) is 0 Å². The Bertz CT molecular complexity index is 493. The number of carbonyl (C=O) groups is 2. The average Bonchev–Trinajstić information content (AvgIpc) is 2.33. The van der Waals surface area contributed by atoms with Crippen LogP contribution in [0.1, 0.15) is 19.4 Å². The van der Waals surface area contributed by atoms with Gasteiger partial charge >= 0.3 is 5.97 Å². The number of hydrogen-bond acceptors (Lipinski definition) is 2. The van der Waals surface area contributed by atoms with Gasteiger partial charge < -0.3 is 10.4 Å². The molecule has 0 aliphatic carbocycles. The van der Waals surface area contributed by atoms with E-state index in [1.165, 1.54) is 13.0 Å². The Kier molecular flexibility index (Phi) is 5.47. The van der Waals surface area contributed by atoms with Crippen LogP contribution in [0, 0.1) is 11.7 Å². The van der Waals surface area contributed by atoms with Gasteiger partial charge in [-0.2, -0.15) is 0 Å². The summed E-state index contributed by atoms with van der Waals surface area (Å²) in [5.41, 5.74) is 0.805. The molecule has 0 heterocycles. The van der Waals surface area contributed by atoms with Crippen molar-refractivity contribution < 1.29 is 19.1 Å². The van der Waals surface area contributed by atoms with Crippen LogP contribution in [0.3, 0.4) is 0 Å². The number of carboxylic acids is 1. The van der Waals surface area contributed by atoms with Gasteiger partial charge in [0.05, 0.1) is 4.47 Å². The minimum absolute atomic E-state index is 0.338. The van der Waals surface area contributed by atoms with Crippen LogP contribution < -0.4 is 5.32 Å². The van der Waals surface area contributed by atoms with Crippen LogP contribution in [0.5, 0.6) is 0 Å². The van der Waals surface area contributed by atoms with Crippen LogP contribution in [0.25, 0.3) is 0 Å². The smallest absolute Gasteiger partial charge is 0.325 e. The number of amides is 1. The van der Waals surface area contributed by atoms with E-state index in [0.29, 0.717) is 10.9 Å². The first-order chi connectivity index (χ1) is 8.81. The third-order valence-electron chi connectivity index (χ3n) is 2.70. The van der Waals surface area contributed by atoms with Crippen LogP contribution in [0.2, 0.25) is 0 Å². The molecule has 0 aromatic heterocycles. The summed E-state index contributed by atoms with van der Waals surface area (Å²) in [6, 6.07) is 3.61. The van der Waals surface area contributed by atoms with Crippen molar-refractivity contribution in [3.8, 4) is 0 Å². The minimum Gasteiger partial charge on any atom is -0.480 e. The van der Waals surface area contributed by atoms with Crippen molar-refractivity contribution in [3.05, 3.63) is 34.1 Å². The summed E-state index contributed by atoms with van der Waals surface area (Å²) in [4.78, 5) is 22.4. The third kappa shape index (κ3) is 4.63. The maximum atomic E-state index is 13.1. The highest BCUT2D eigenvalue weighted by atomic mass is 79.9. The van der Waals surface area contributed by atoms with E-state index in [-0.39, 0.29) is 17.6 Å². The van der Waals surface area contributed by atoms with E-state index in [0.717, 1.165) is 5.56 Å². The van der Waals surface area contributed by atoms with Crippen molar-refractivity contribution in [1.29, 1.82) is 0 Å². The summed E-state index contributed by atoms with van der Waals surface area (Å²) in [5.74, 6) is -2.17. The fraction of sp³-hybridized carbons (Fsp3) is 0.385. The van der Waals surface area contributed by atoms with Crippen molar-refractivity contribution in [2.75, 3.05) is 0 Å². The van der Waals surface area contributed by atoms with Crippen molar-refractivity contribution in [2.45, 2.75) is 26.3 Å². The number of benzene rings is 1. The molecular weight excluding hydrogens is 317 g/mol. The number of aliphatic carboxylic acids is 1. The van der Waals surface area contributed by atoms with Gasteiger partial charge in [0, 0.05) is 5.92 Å². The summed E-state index contributed by atoms with van der Waals surface area (Å²) >= 11 is 3.08. The molecule has 4 nitrogen and oxygen atoms in total. The number of carboxylic acid groups (broad SMARTS) is 1. The highest BCUT2D eigenvalue weighted by molar-refractivity contribution is 9.10. The second kappa shape index (κ2) is 6.65. The van der Waals surface area contributed by atoms with Gasteiger partial charge in [-0.05, 0) is 47.0 Å². The predicted octanol–water partition coefficient (Wildman–Crippen LogP) is 2.36. The molecular formula is C13H15BrFNO3. The third-order valence-corrected chi connectivity index (χ3v) is 3.31. The van der Waals surface area contributed by atoms with E-state index in [9.17, 15) is 14.0 Å². The van der Waals surface area contributed by atoms with Crippen LogP contribution in [0.15, 0.2) is 22.7 Å². The second-order valence-electron chi connectivity index (χ2n) is 4.42. The van der Waals surface area contributed by atoms with E-state index in [1.807, 2.05) is 0 Å². The lowest BCUT2D eigenvalue weighted by Crippen LogP contribution is -2.41. The average molecular weight is 332 g/mol. The standard InChI is InChI=1S/C13H15BrFNO3/c1-7(12(17)16-8(2)13(18)19)5-9-3-4-11(15)10(14)6-9/h3-4,6-8H,5H2,1-2H3,(H,16,17)(H,18,19)/t7?,8-/m0/s1. The molecule has 0 bridgehead atoms. The van der Waals surface area contributed by atoms with E-state index in [2.05, 4.69) is 21.2 Å². The van der Waals surface area contributed by atoms with Crippen LogP contribution >= 0.6 is 15.9 Å². The first kappa shape index (κ1) is 15.6. The zero-order valence-electron chi connectivity index (χ0n) is 10.6. The van der Waals surface area contributed by atoms with Gasteiger partial charge in [0.1, 0.15) is 11.9 Å². The van der Waals surface area contributed by atoms with Crippen molar-refractivity contribution >= 4 is 27.8 Å². The number of carbonyl (C=O) groups excluding carboxylic acids is 1. The van der Waals surface area contributed by atoms with Gasteiger partial charge in [-0.3, -0.25) is 9.59 Å². The quantitative estimate of drug-likeness (QED) is 0.870. The first-order valence-electron chi connectivity index (χ1n) is 5.78. The molecule has 2 N–H and O–H groups in total. The molecule has 0 radical (unpaired) electrons. The van der Waals surface area contributed by atoms with Crippen molar-refractivity contribution in [2.24, 2.45) is 5.92 Å². The summed E-state index contributed by atoms with van der Waals surface area (Å²) in [7, 11) is 0. The summed E-state index contributed by atoms with van der Waals surface area (Å²) in [6.45, 7) is 3.10. The lowest BCUT2D eigenvalue weighted by molar-refractivity contribution is -0.141. The Hall–Kier alpha value is -1.43. The highest BCUT2D eigenvalue weighted by Crippen LogP contribution is 2.19. The van der Waals surface area contributed by atoms with E-state index in [1.54, 1.807) is 19.1 Å². The Morgan fingerprint density at radius 1 is 1.42 bits per heavy atom. The van der Waals surface area contributed by atoms with E-state index in [4.69, 9.17) is 5.11 Å². The molecule has 1 aromatic rings. The molecule has 1 unspecified atom stereocenters. The van der Waals surface area contributed by atoms with Gasteiger partial charge in [0.25, 0.3) is 0 Å². The van der Waals surface area contributed by atoms with E-state index < -0.39 is 12.0 Å². The molecule has 0 saturated carbocycles. The van der Waals surface area contributed by atoms with Crippen LogP contribution in [0.4, 0.5) is 4.39 Å². The Morgan fingerprint density at radius 2 is 2.05 bits per heavy atom. The molecule has 2 atom stereocenters. The van der Waals surface area contributed by atoms with Crippen LogP contribution in [-0.4, -0.2) is 23.0 Å². The second-order valence-corrected chi connectivity index (χ2v) is 5.28.